The predicted octanol–water partition coefficient (Wildman–Crippen LogP) is 3.20. The topological polar surface area (TPSA) is 68.2 Å². The van der Waals surface area contributed by atoms with Crippen molar-refractivity contribution in [3.8, 4) is 6.07 Å². The second kappa shape index (κ2) is 8.50. The van der Waals surface area contributed by atoms with Gasteiger partial charge in [0.15, 0.2) is 0 Å². The van der Waals surface area contributed by atoms with Crippen molar-refractivity contribution >= 4 is 17.3 Å². The maximum absolute atomic E-state index is 12.0. The normalized spacial score (nSPS) is 14.5. The Morgan fingerprint density at radius 3 is 2.58 bits per heavy atom. The highest BCUT2D eigenvalue weighted by molar-refractivity contribution is 5.94. The van der Waals surface area contributed by atoms with Crippen molar-refractivity contribution < 1.29 is 4.79 Å². The second-order valence-corrected chi connectivity index (χ2v) is 6.42. The van der Waals surface area contributed by atoms with E-state index in [0.29, 0.717) is 23.7 Å². The van der Waals surface area contributed by atoms with E-state index in [0.717, 1.165) is 37.3 Å². The van der Waals surface area contributed by atoms with Crippen molar-refractivity contribution in [2.24, 2.45) is 0 Å². The Labute approximate surface area is 154 Å². The van der Waals surface area contributed by atoms with Gasteiger partial charge in [-0.3, -0.25) is 4.79 Å². The van der Waals surface area contributed by atoms with Crippen molar-refractivity contribution in [1.29, 1.82) is 5.26 Å². The van der Waals surface area contributed by atoms with Crippen LogP contribution in [0.25, 0.3) is 0 Å². The van der Waals surface area contributed by atoms with Crippen LogP contribution in [0, 0.1) is 11.3 Å². The number of hydrogen-bond acceptors (Lipinski definition) is 4. The van der Waals surface area contributed by atoms with Crippen LogP contribution in [0.5, 0.6) is 0 Å². The molecule has 0 unspecified atom stereocenters. The number of hydrogen-bond donors (Lipinski definition) is 2. The van der Waals surface area contributed by atoms with E-state index in [1.807, 2.05) is 55.5 Å². The average molecular weight is 348 g/mol. The molecule has 2 aromatic rings. The Morgan fingerprint density at radius 1 is 1.19 bits per heavy atom. The van der Waals surface area contributed by atoms with Gasteiger partial charge in [-0.1, -0.05) is 6.07 Å². The van der Waals surface area contributed by atoms with Crippen molar-refractivity contribution in [3.63, 3.8) is 0 Å². The van der Waals surface area contributed by atoms with Crippen molar-refractivity contribution in [2.75, 3.05) is 24.5 Å². The largest absolute Gasteiger partial charge is 0.352 e. The van der Waals surface area contributed by atoms with Crippen molar-refractivity contribution in [3.05, 3.63) is 59.7 Å². The number of carbonyl (C=O) groups is 1. The predicted molar refractivity (Wildman–Crippen MR) is 104 cm³/mol. The number of rotatable bonds is 5. The first-order valence-corrected chi connectivity index (χ1v) is 9.11. The molecular formula is C21H24N4O. The number of nitrogens with zero attached hydrogens (tertiary/aromatic N) is 2. The molecule has 0 bridgehead atoms. The average Bonchev–Trinajstić information content (AvgIpc) is 2.70. The highest BCUT2D eigenvalue weighted by Crippen LogP contribution is 2.31. The van der Waals surface area contributed by atoms with Gasteiger partial charge < -0.3 is 15.5 Å². The molecular weight excluding hydrogens is 324 g/mol. The Hall–Kier alpha value is -2.84. The molecule has 0 saturated carbocycles. The number of amides is 1. The molecule has 134 valence electrons. The summed E-state index contributed by atoms with van der Waals surface area (Å²) in [6, 6.07) is 18.0. The number of carbonyl (C=O) groups excluding carboxylic acids is 1. The monoisotopic (exact) mass is 348 g/mol. The SMILES string of the molecule is CCNC(=O)c1ccc(N(c2cccc(C#N)c2)C2CCNCC2)cc1. The summed E-state index contributed by atoms with van der Waals surface area (Å²) in [5.74, 6) is -0.0565. The summed E-state index contributed by atoms with van der Waals surface area (Å²) in [5.41, 5.74) is 3.37. The summed E-state index contributed by atoms with van der Waals surface area (Å²) in [6.45, 7) is 4.49. The molecule has 5 heteroatoms. The first kappa shape index (κ1) is 18.0. The molecule has 1 fully saturated rings. The fraction of sp³-hybridized carbons (Fsp3) is 0.333. The van der Waals surface area contributed by atoms with Crippen LogP contribution >= 0.6 is 0 Å². The highest BCUT2D eigenvalue weighted by atomic mass is 16.1. The van der Waals surface area contributed by atoms with E-state index >= 15 is 0 Å². The molecule has 0 atom stereocenters. The second-order valence-electron chi connectivity index (χ2n) is 6.42. The van der Waals surface area contributed by atoms with E-state index in [1.54, 1.807) is 0 Å². The highest BCUT2D eigenvalue weighted by Gasteiger charge is 2.23. The molecule has 2 aromatic carbocycles. The van der Waals surface area contributed by atoms with Crippen LogP contribution < -0.4 is 15.5 Å². The lowest BCUT2D eigenvalue weighted by Gasteiger charge is -2.36. The van der Waals surface area contributed by atoms with Crippen LogP contribution in [0.1, 0.15) is 35.7 Å². The molecule has 1 amide bonds. The first-order valence-electron chi connectivity index (χ1n) is 9.11. The lowest BCUT2D eigenvalue weighted by Crippen LogP contribution is -2.41. The van der Waals surface area contributed by atoms with Gasteiger partial charge in [-0.15, -0.1) is 0 Å². The fourth-order valence-electron chi connectivity index (χ4n) is 3.40. The van der Waals surface area contributed by atoms with E-state index in [2.05, 4.69) is 21.6 Å². The number of piperidine rings is 1. The maximum Gasteiger partial charge on any atom is 0.251 e. The summed E-state index contributed by atoms with van der Waals surface area (Å²) >= 11 is 0. The summed E-state index contributed by atoms with van der Waals surface area (Å²) in [7, 11) is 0. The fourth-order valence-corrected chi connectivity index (χ4v) is 3.40. The lowest BCUT2D eigenvalue weighted by atomic mass is 10.0. The molecule has 1 aliphatic heterocycles. The van der Waals surface area contributed by atoms with E-state index in [4.69, 9.17) is 0 Å². The van der Waals surface area contributed by atoms with Crippen molar-refractivity contribution in [2.45, 2.75) is 25.8 Å². The molecule has 1 aliphatic rings. The minimum absolute atomic E-state index is 0.0565. The Morgan fingerprint density at radius 2 is 1.92 bits per heavy atom. The molecule has 5 nitrogen and oxygen atoms in total. The molecule has 0 aromatic heterocycles. The maximum atomic E-state index is 12.0. The minimum Gasteiger partial charge on any atom is -0.352 e. The van der Waals surface area contributed by atoms with Crippen LogP contribution in [0.15, 0.2) is 48.5 Å². The number of nitriles is 1. The number of nitrogens with one attached hydrogen (secondary N) is 2. The van der Waals surface area contributed by atoms with Gasteiger partial charge >= 0.3 is 0 Å². The lowest BCUT2D eigenvalue weighted by molar-refractivity contribution is 0.0956. The Kier molecular flexibility index (Phi) is 5.88. The van der Waals surface area contributed by atoms with E-state index < -0.39 is 0 Å². The van der Waals surface area contributed by atoms with Gasteiger partial charge in [-0.05, 0) is 75.3 Å². The third-order valence-corrected chi connectivity index (χ3v) is 4.67. The zero-order valence-electron chi connectivity index (χ0n) is 15.0. The summed E-state index contributed by atoms with van der Waals surface area (Å²) < 4.78 is 0. The smallest absolute Gasteiger partial charge is 0.251 e. The molecule has 0 radical (unpaired) electrons. The van der Waals surface area contributed by atoms with Crippen LogP contribution in [0.4, 0.5) is 11.4 Å². The summed E-state index contributed by atoms with van der Waals surface area (Å²) in [5, 5.41) is 15.5. The summed E-state index contributed by atoms with van der Waals surface area (Å²) in [4.78, 5) is 14.3. The minimum atomic E-state index is -0.0565. The van der Waals surface area contributed by atoms with Crippen LogP contribution in [-0.2, 0) is 0 Å². The van der Waals surface area contributed by atoms with Gasteiger partial charge in [0.2, 0.25) is 0 Å². The first-order chi connectivity index (χ1) is 12.7. The van der Waals surface area contributed by atoms with Crippen molar-refractivity contribution in [1.82, 2.24) is 10.6 Å². The van der Waals surface area contributed by atoms with Crippen LogP contribution in [0.2, 0.25) is 0 Å². The van der Waals surface area contributed by atoms with Gasteiger partial charge in [0.1, 0.15) is 0 Å². The summed E-state index contributed by atoms with van der Waals surface area (Å²) in [6.07, 6.45) is 2.07. The number of benzene rings is 2. The Balaban J connectivity index is 1.95. The number of anilines is 2. The molecule has 26 heavy (non-hydrogen) atoms. The molecule has 0 aliphatic carbocycles. The Bertz CT molecular complexity index is 788. The van der Waals surface area contributed by atoms with Gasteiger partial charge in [-0.25, -0.2) is 0 Å². The third kappa shape index (κ3) is 4.04. The zero-order valence-corrected chi connectivity index (χ0v) is 15.0. The van der Waals surface area contributed by atoms with Gasteiger partial charge in [0, 0.05) is 29.5 Å². The van der Waals surface area contributed by atoms with E-state index in [-0.39, 0.29) is 5.91 Å². The molecule has 1 heterocycles. The van der Waals surface area contributed by atoms with E-state index in [9.17, 15) is 10.1 Å². The van der Waals surface area contributed by atoms with Crippen LogP contribution in [-0.4, -0.2) is 31.6 Å². The molecule has 1 saturated heterocycles. The molecule has 0 spiro atoms. The zero-order chi connectivity index (χ0) is 18.4. The van der Waals surface area contributed by atoms with Gasteiger partial charge in [0.05, 0.1) is 11.6 Å². The van der Waals surface area contributed by atoms with E-state index in [1.165, 1.54) is 0 Å². The van der Waals surface area contributed by atoms with Crippen LogP contribution in [0.3, 0.4) is 0 Å². The van der Waals surface area contributed by atoms with Gasteiger partial charge in [-0.2, -0.15) is 5.26 Å². The van der Waals surface area contributed by atoms with Gasteiger partial charge in [0.25, 0.3) is 5.91 Å². The molecule has 2 N–H and O–H groups in total. The third-order valence-electron chi connectivity index (χ3n) is 4.67. The standard InChI is InChI=1S/C21H24N4O/c1-2-24-21(26)17-6-8-18(9-7-17)25(19-10-12-23-13-11-19)20-5-3-4-16(14-20)15-22/h3-9,14,19,23H,2,10-13H2,1H3,(H,24,26). The molecule has 3 rings (SSSR count). The quantitative estimate of drug-likeness (QED) is 0.871.